The highest BCUT2D eigenvalue weighted by Gasteiger charge is 2.40. The Kier molecular flexibility index (Phi) is 4.61. The van der Waals surface area contributed by atoms with Crippen molar-refractivity contribution in [3.63, 3.8) is 0 Å². The van der Waals surface area contributed by atoms with Crippen molar-refractivity contribution in [3.8, 4) is 0 Å². The Morgan fingerprint density at radius 1 is 1.00 bits per heavy atom. The first-order valence-electron chi connectivity index (χ1n) is 7.70. The van der Waals surface area contributed by atoms with Gasteiger partial charge in [0.25, 0.3) is 5.79 Å². The minimum Gasteiger partial charge on any atom is -0.456 e. The van der Waals surface area contributed by atoms with Gasteiger partial charge in [0, 0.05) is 13.8 Å². The first-order chi connectivity index (χ1) is 11.4. The lowest BCUT2D eigenvalue weighted by Gasteiger charge is -2.30. The Hall–Kier alpha value is -2.83. The van der Waals surface area contributed by atoms with Gasteiger partial charge in [-0.05, 0) is 38.5 Å². The van der Waals surface area contributed by atoms with Crippen molar-refractivity contribution in [2.24, 2.45) is 5.73 Å². The van der Waals surface area contributed by atoms with Gasteiger partial charge in [0.15, 0.2) is 5.57 Å². The summed E-state index contributed by atoms with van der Waals surface area (Å²) >= 11 is 0. The van der Waals surface area contributed by atoms with Crippen molar-refractivity contribution in [2.75, 3.05) is 0 Å². The minimum absolute atomic E-state index is 0.0822. The summed E-state index contributed by atoms with van der Waals surface area (Å²) in [5, 5.41) is 0. The molecule has 0 radical (unpaired) electrons. The van der Waals surface area contributed by atoms with Crippen LogP contribution >= 0.6 is 0 Å². The molecule has 1 fully saturated rings. The Morgan fingerprint density at radius 2 is 1.44 bits per heavy atom. The molecular formula is C18H21NO6. The summed E-state index contributed by atoms with van der Waals surface area (Å²) in [6, 6.07) is 6.03. The summed E-state index contributed by atoms with van der Waals surface area (Å²) < 4.78 is 15.3. The SMILES string of the molecule is CC(C)(C)OC(=O)c1ccc(C(N)=C2C(=O)OC(C)(C)OC2=O)cc1. The van der Waals surface area contributed by atoms with Crippen LogP contribution in [0.2, 0.25) is 0 Å². The zero-order valence-corrected chi connectivity index (χ0v) is 14.8. The number of esters is 3. The molecule has 1 aromatic carbocycles. The maximum absolute atomic E-state index is 12.0. The third-order valence-corrected chi connectivity index (χ3v) is 3.19. The van der Waals surface area contributed by atoms with Crippen LogP contribution in [0.4, 0.5) is 0 Å². The average molecular weight is 347 g/mol. The second-order valence-corrected chi connectivity index (χ2v) is 7.05. The van der Waals surface area contributed by atoms with Gasteiger partial charge in [-0.1, -0.05) is 12.1 Å². The van der Waals surface area contributed by atoms with Crippen LogP contribution in [-0.2, 0) is 23.8 Å². The van der Waals surface area contributed by atoms with Crippen molar-refractivity contribution in [2.45, 2.75) is 46.0 Å². The van der Waals surface area contributed by atoms with Crippen LogP contribution in [0.3, 0.4) is 0 Å². The van der Waals surface area contributed by atoms with Gasteiger partial charge >= 0.3 is 17.9 Å². The summed E-state index contributed by atoms with van der Waals surface area (Å²) in [6.07, 6.45) is 0. The highest BCUT2D eigenvalue weighted by Crippen LogP contribution is 2.26. The normalized spacial score (nSPS) is 16.8. The molecule has 0 aromatic heterocycles. The molecule has 0 spiro atoms. The number of carbonyl (C=O) groups is 3. The predicted molar refractivity (Wildman–Crippen MR) is 89.0 cm³/mol. The third kappa shape index (κ3) is 4.37. The molecule has 0 saturated carbocycles. The summed E-state index contributed by atoms with van der Waals surface area (Å²) in [4.78, 5) is 36.1. The first kappa shape index (κ1) is 18.5. The monoisotopic (exact) mass is 347 g/mol. The quantitative estimate of drug-likeness (QED) is 0.496. The number of ether oxygens (including phenoxy) is 3. The van der Waals surface area contributed by atoms with Crippen molar-refractivity contribution in [1.82, 2.24) is 0 Å². The molecule has 0 aliphatic carbocycles. The van der Waals surface area contributed by atoms with E-state index >= 15 is 0 Å². The van der Waals surface area contributed by atoms with Crippen LogP contribution in [0.5, 0.6) is 0 Å². The van der Waals surface area contributed by atoms with Crippen LogP contribution in [-0.4, -0.2) is 29.3 Å². The maximum atomic E-state index is 12.0. The van der Waals surface area contributed by atoms with Gasteiger partial charge < -0.3 is 19.9 Å². The standard InChI is InChI=1S/C18H21NO6/c1-17(2,3)23-14(20)11-8-6-10(7-9-11)13(19)12-15(21)24-18(4,5)25-16(12)22/h6-9H,19H2,1-5H3. The number of benzene rings is 1. The van der Waals surface area contributed by atoms with E-state index in [2.05, 4.69) is 0 Å². The van der Waals surface area contributed by atoms with Crippen LogP contribution in [0.15, 0.2) is 29.8 Å². The molecule has 1 heterocycles. The molecule has 0 unspecified atom stereocenters. The zero-order chi connectivity index (χ0) is 19.0. The van der Waals surface area contributed by atoms with Gasteiger partial charge in [-0.25, -0.2) is 14.4 Å². The molecule has 0 bridgehead atoms. The molecule has 7 nitrogen and oxygen atoms in total. The molecule has 25 heavy (non-hydrogen) atoms. The lowest BCUT2D eigenvalue weighted by molar-refractivity contribution is -0.222. The fraction of sp³-hybridized carbons (Fsp3) is 0.389. The zero-order valence-electron chi connectivity index (χ0n) is 14.8. The summed E-state index contributed by atoms with van der Waals surface area (Å²) in [5.74, 6) is -3.52. The third-order valence-electron chi connectivity index (χ3n) is 3.19. The van der Waals surface area contributed by atoms with E-state index in [0.29, 0.717) is 11.1 Å². The van der Waals surface area contributed by atoms with E-state index in [0.717, 1.165) is 0 Å². The van der Waals surface area contributed by atoms with Crippen molar-refractivity contribution in [1.29, 1.82) is 0 Å². The summed E-state index contributed by atoms with van der Waals surface area (Å²) in [6.45, 7) is 8.20. The smallest absolute Gasteiger partial charge is 0.351 e. The van der Waals surface area contributed by atoms with E-state index in [1.165, 1.54) is 38.1 Å². The maximum Gasteiger partial charge on any atom is 0.351 e. The van der Waals surface area contributed by atoms with E-state index in [4.69, 9.17) is 19.9 Å². The second-order valence-electron chi connectivity index (χ2n) is 7.05. The fourth-order valence-electron chi connectivity index (χ4n) is 2.14. The van der Waals surface area contributed by atoms with Gasteiger partial charge in [-0.15, -0.1) is 0 Å². The van der Waals surface area contributed by atoms with Crippen molar-refractivity contribution in [3.05, 3.63) is 41.0 Å². The molecule has 134 valence electrons. The fourth-order valence-corrected chi connectivity index (χ4v) is 2.14. The molecule has 0 atom stereocenters. The molecule has 2 rings (SSSR count). The highest BCUT2D eigenvalue weighted by molar-refractivity contribution is 6.20. The lowest BCUT2D eigenvalue weighted by Crippen LogP contribution is -2.42. The van der Waals surface area contributed by atoms with E-state index in [-0.39, 0.29) is 11.3 Å². The first-order valence-corrected chi connectivity index (χ1v) is 7.70. The van der Waals surface area contributed by atoms with Crippen LogP contribution in [0.1, 0.15) is 50.5 Å². The number of cyclic esters (lactones) is 2. The van der Waals surface area contributed by atoms with Gasteiger partial charge in [0.2, 0.25) is 0 Å². The Bertz CT molecular complexity index is 731. The van der Waals surface area contributed by atoms with Crippen LogP contribution in [0.25, 0.3) is 5.70 Å². The average Bonchev–Trinajstić information content (AvgIpc) is 2.43. The molecule has 1 aliphatic heterocycles. The number of hydrogen-bond donors (Lipinski definition) is 1. The van der Waals surface area contributed by atoms with E-state index in [9.17, 15) is 14.4 Å². The highest BCUT2D eigenvalue weighted by atomic mass is 16.7. The number of rotatable bonds is 2. The second kappa shape index (κ2) is 6.23. The Balaban J connectivity index is 2.29. The van der Waals surface area contributed by atoms with E-state index in [1.54, 1.807) is 20.8 Å². The van der Waals surface area contributed by atoms with Crippen molar-refractivity contribution < 1.29 is 28.6 Å². The van der Waals surface area contributed by atoms with Gasteiger partial charge in [0.05, 0.1) is 11.3 Å². The molecule has 2 N–H and O–H groups in total. The number of hydrogen-bond acceptors (Lipinski definition) is 7. The molecule has 7 heteroatoms. The Morgan fingerprint density at radius 3 is 1.88 bits per heavy atom. The van der Waals surface area contributed by atoms with Gasteiger partial charge in [0.1, 0.15) is 5.60 Å². The van der Waals surface area contributed by atoms with Gasteiger partial charge in [-0.3, -0.25) is 0 Å². The minimum atomic E-state index is -1.33. The molecule has 1 saturated heterocycles. The largest absolute Gasteiger partial charge is 0.456 e. The molecule has 1 aliphatic rings. The molecular weight excluding hydrogens is 326 g/mol. The molecule has 0 amide bonds. The summed E-state index contributed by atoms with van der Waals surface area (Å²) in [7, 11) is 0. The number of carbonyl (C=O) groups excluding carboxylic acids is 3. The van der Waals surface area contributed by atoms with E-state index in [1.807, 2.05) is 0 Å². The predicted octanol–water partition coefficient (Wildman–Crippen LogP) is 2.15. The van der Waals surface area contributed by atoms with Crippen LogP contribution < -0.4 is 5.73 Å². The van der Waals surface area contributed by atoms with Gasteiger partial charge in [-0.2, -0.15) is 0 Å². The topological polar surface area (TPSA) is 105 Å². The Labute approximate surface area is 145 Å². The summed E-state index contributed by atoms with van der Waals surface area (Å²) in [5.41, 5.74) is 5.57. The van der Waals surface area contributed by atoms with E-state index < -0.39 is 29.3 Å². The number of nitrogens with two attached hydrogens (primary N) is 1. The van der Waals surface area contributed by atoms with Crippen molar-refractivity contribution >= 4 is 23.6 Å². The molecule has 1 aromatic rings. The lowest BCUT2D eigenvalue weighted by atomic mass is 10.0. The van der Waals surface area contributed by atoms with Crippen LogP contribution in [0, 0.1) is 0 Å².